The molecule has 0 aliphatic carbocycles. The van der Waals surface area contributed by atoms with Crippen LogP contribution in [0.4, 0.5) is 0 Å². The fourth-order valence-corrected chi connectivity index (χ4v) is 0. The first-order chi connectivity index (χ1) is 3.00. The normalized spacial score (nSPS) is 6.89. The molecule has 0 heterocycles. The number of phosphoric acid groups is 1. The van der Waals surface area contributed by atoms with E-state index in [1.165, 1.54) is 0 Å². The van der Waals surface area contributed by atoms with Crippen molar-refractivity contribution in [3.05, 3.63) is 0 Å². The van der Waals surface area contributed by atoms with Crippen LogP contribution in [0.5, 0.6) is 0 Å². The van der Waals surface area contributed by atoms with E-state index in [1.54, 1.807) is 0 Å². The zero-order valence-corrected chi connectivity index (χ0v) is 5.62. The van der Waals surface area contributed by atoms with E-state index in [-0.39, 0.29) is 40.4 Å². The Kier molecular flexibility index (Phi) is 31.0. The summed E-state index contributed by atoms with van der Waals surface area (Å²) in [5.41, 5.74) is 0. The molecule has 9 heteroatoms. The van der Waals surface area contributed by atoms with Gasteiger partial charge in [0.25, 0.3) is 0 Å². The Labute approximate surface area is 87.0 Å². The van der Waals surface area contributed by atoms with E-state index >= 15 is 0 Å². The van der Waals surface area contributed by atoms with Gasteiger partial charge in [-0.1, -0.05) is 0 Å². The first-order valence-corrected chi connectivity index (χ1v) is 3.21. The number of hydrogen-bond acceptors (Lipinski definition) is 2. The predicted molar refractivity (Wildman–Crippen MR) is 40.6 cm³/mol. The minimum absolute atomic E-state index is 0. The van der Waals surface area contributed by atoms with Crippen LogP contribution in [0, 0.1) is 0 Å². The Hall–Kier alpha value is 1.74. The van der Waals surface area contributed by atoms with Crippen LogP contribution in [0.2, 0.25) is 0 Å². The molecule has 52 valence electrons. The summed E-state index contributed by atoms with van der Waals surface area (Å²) in [6, 6.07) is 0. The molecule has 0 saturated heterocycles. The van der Waals surface area contributed by atoms with Gasteiger partial charge in [0.1, 0.15) is 0 Å². The average molecular weight is 198 g/mol. The van der Waals surface area contributed by atoms with Gasteiger partial charge in [-0.25, -0.2) is 4.57 Å². The van der Waals surface area contributed by atoms with E-state index < -0.39 is 7.82 Å². The van der Waals surface area contributed by atoms with Gasteiger partial charge in [0, 0.05) is 0 Å². The third-order valence-electron chi connectivity index (χ3n) is 0. The molecule has 3 N–H and O–H groups in total. The van der Waals surface area contributed by atoms with Gasteiger partial charge in [-0.2, -0.15) is 0 Å². The zero-order valence-electron chi connectivity index (χ0n) is 3.31. The van der Waals surface area contributed by atoms with Crippen LogP contribution in [0.1, 0.15) is 0 Å². The molecule has 0 rings (SSSR count). The quantitative estimate of drug-likeness (QED) is 0.274. The van der Waals surface area contributed by atoms with Crippen molar-refractivity contribution >= 4 is 64.5 Å². The van der Waals surface area contributed by atoms with Gasteiger partial charge in [0.05, 0.1) is 0 Å². The third kappa shape index (κ3) is 193. The molecule has 5 nitrogen and oxygen atoms in total. The molecule has 0 saturated carbocycles. The summed E-state index contributed by atoms with van der Waals surface area (Å²) >= 11 is 0.611. The van der Waals surface area contributed by atoms with Gasteiger partial charge < -0.3 is 14.7 Å². The molecular weight excluding hydrogens is 189 g/mol. The van der Waals surface area contributed by atoms with Gasteiger partial charge in [-0.15, -0.1) is 0 Å². The van der Waals surface area contributed by atoms with E-state index in [4.69, 9.17) is 23.0 Å². The van der Waals surface area contributed by atoms with Crippen molar-refractivity contribution < 1.29 is 23.0 Å². The van der Waals surface area contributed by atoms with E-state index in [2.05, 4.69) is 0 Å². The molecule has 0 fully saturated rings. The standard InChI is InChI=1S/2Al.Mg.H3O4P.O.6H/c;;;1-5(2,3)4;;;;;;;/h;;;(H3,1,2,3,4);;;;;;;. The monoisotopic (exact) mass is 198 g/mol. The summed E-state index contributed by atoms with van der Waals surface area (Å²) in [6.07, 6.45) is 0. The molecule has 0 spiro atoms. The Morgan fingerprint density at radius 3 is 1.11 bits per heavy atom. The summed E-state index contributed by atoms with van der Waals surface area (Å²) < 4.78 is 17.2. The molecule has 0 unspecified atom stereocenters. The minimum atomic E-state index is -4.64. The van der Waals surface area contributed by atoms with Crippen molar-refractivity contribution in [2.45, 2.75) is 0 Å². The second-order valence-electron chi connectivity index (χ2n) is 0.513. The van der Waals surface area contributed by atoms with Crippen molar-refractivity contribution in [1.29, 1.82) is 0 Å². The van der Waals surface area contributed by atoms with Gasteiger partial charge in [0.15, 0.2) is 17.4 Å². The Bertz CT molecular complexity index is 70.8. The van der Waals surface area contributed by atoms with Crippen LogP contribution in [0.25, 0.3) is 0 Å². The first-order valence-electron chi connectivity index (χ1n) is 1.07. The van der Waals surface area contributed by atoms with E-state index in [0.717, 1.165) is 0 Å². The van der Waals surface area contributed by atoms with Gasteiger partial charge in [0.2, 0.25) is 0 Å². The van der Waals surface area contributed by atoms with Crippen LogP contribution in [-0.4, -0.2) is 71.3 Å². The molecule has 0 aromatic rings. The van der Waals surface area contributed by atoms with Crippen molar-refractivity contribution in [2.24, 2.45) is 0 Å². The second-order valence-corrected chi connectivity index (χ2v) is 1.54. The molecule has 0 aromatic carbocycles. The Balaban J connectivity index is -0.0000000286. The summed E-state index contributed by atoms with van der Waals surface area (Å²) in [5, 5.41) is 0. The Morgan fingerprint density at radius 1 is 1.11 bits per heavy atom. The van der Waals surface area contributed by atoms with E-state index in [9.17, 15) is 0 Å². The molecular formula is H9Al2MgO5P. The van der Waals surface area contributed by atoms with E-state index in [1.807, 2.05) is 0 Å². The molecule has 0 amide bonds. The SMILES string of the molecule is O=P(O)(O)O.[AlH3].[MgH2].[O]=[AlH]. The number of hydrogen-bond donors (Lipinski definition) is 3. The van der Waals surface area contributed by atoms with Crippen LogP contribution < -0.4 is 0 Å². The molecule has 0 aromatic heterocycles. The van der Waals surface area contributed by atoms with Gasteiger partial charge in [-0.3, -0.25) is 0 Å². The summed E-state index contributed by atoms with van der Waals surface area (Å²) in [5.74, 6) is 0. The van der Waals surface area contributed by atoms with E-state index in [0.29, 0.717) is 16.2 Å². The van der Waals surface area contributed by atoms with Crippen molar-refractivity contribution in [2.75, 3.05) is 0 Å². The molecule has 9 heavy (non-hydrogen) atoms. The number of rotatable bonds is 0. The van der Waals surface area contributed by atoms with Gasteiger partial charge >= 0.3 is 50.9 Å². The first kappa shape index (κ1) is 22.4. The Morgan fingerprint density at radius 2 is 1.11 bits per heavy atom. The maximum absolute atomic E-state index is 8.88. The molecule has 0 radical (unpaired) electrons. The van der Waals surface area contributed by atoms with Crippen LogP contribution in [0.15, 0.2) is 0 Å². The van der Waals surface area contributed by atoms with Crippen molar-refractivity contribution in [1.82, 2.24) is 0 Å². The molecule has 0 atom stereocenters. The topological polar surface area (TPSA) is 94.8 Å². The van der Waals surface area contributed by atoms with Crippen LogP contribution in [0.3, 0.4) is 0 Å². The maximum atomic E-state index is 8.88. The summed E-state index contributed by atoms with van der Waals surface area (Å²) in [7, 11) is -4.64. The average Bonchev–Trinajstić information content (AvgIpc) is 1.36. The van der Waals surface area contributed by atoms with Gasteiger partial charge in [-0.05, 0) is 0 Å². The fourth-order valence-electron chi connectivity index (χ4n) is 0. The van der Waals surface area contributed by atoms with Crippen molar-refractivity contribution in [3.63, 3.8) is 0 Å². The molecule has 0 aliphatic heterocycles. The fraction of sp³-hybridized carbons (Fsp3) is 0. The van der Waals surface area contributed by atoms with Crippen LogP contribution >= 0.6 is 7.82 Å². The summed E-state index contributed by atoms with van der Waals surface area (Å²) in [6.45, 7) is 0. The molecule has 0 aliphatic rings. The summed E-state index contributed by atoms with van der Waals surface area (Å²) in [4.78, 5) is 21.6. The van der Waals surface area contributed by atoms with Crippen molar-refractivity contribution in [3.8, 4) is 0 Å². The molecule has 0 bridgehead atoms. The van der Waals surface area contributed by atoms with Crippen LogP contribution in [-0.2, 0) is 8.37 Å². The zero-order chi connectivity index (χ0) is 6.50. The third-order valence-corrected chi connectivity index (χ3v) is 0. The second kappa shape index (κ2) is 12.4. The predicted octanol–water partition coefficient (Wildman–Crippen LogP) is -3.80.